The van der Waals surface area contributed by atoms with Crippen LogP contribution < -0.4 is 9.47 Å². The first-order valence-electron chi connectivity index (χ1n) is 7.52. The van der Waals surface area contributed by atoms with Crippen molar-refractivity contribution in [3.63, 3.8) is 0 Å². The zero-order valence-electron chi connectivity index (χ0n) is 13.0. The van der Waals surface area contributed by atoms with Crippen LogP contribution >= 0.6 is 15.9 Å². The average Bonchev–Trinajstić information content (AvgIpc) is 3.19. The molecule has 2 heterocycles. The maximum Gasteiger partial charge on any atom is 0.270 e. The van der Waals surface area contributed by atoms with Crippen LogP contribution in [0.1, 0.15) is 16.1 Å². The van der Waals surface area contributed by atoms with Gasteiger partial charge in [0.15, 0.2) is 11.5 Å². The number of nitrogens with zero attached hydrogens (tertiary/aromatic N) is 1. The summed E-state index contributed by atoms with van der Waals surface area (Å²) in [6, 6.07) is 13.5. The van der Waals surface area contributed by atoms with E-state index in [1.54, 1.807) is 11.9 Å². The lowest BCUT2D eigenvalue weighted by Crippen LogP contribution is -2.26. The van der Waals surface area contributed by atoms with Gasteiger partial charge in [0.1, 0.15) is 5.69 Å². The first kappa shape index (κ1) is 15.1. The highest BCUT2D eigenvalue weighted by atomic mass is 79.9. The van der Waals surface area contributed by atoms with Gasteiger partial charge in [-0.1, -0.05) is 28.1 Å². The highest BCUT2D eigenvalue weighted by molar-refractivity contribution is 9.10. The quantitative estimate of drug-likeness (QED) is 0.741. The van der Waals surface area contributed by atoms with Gasteiger partial charge in [-0.05, 0) is 35.9 Å². The molecular weight excluding hydrogens is 372 g/mol. The van der Waals surface area contributed by atoms with Crippen LogP contribution in [0.5, 0.6) is 11.5 Å². The van der Waals surface area contributed by atoms with Gasteiger partial charge in [-0.2, -0.15) is 0 Å². The Morgan fingerprint density at radius 3 is 2.88 bits per heavy atom. The van der Waals surface area contributed by atoms with Crippen LogP contribution in [0.2, 0.25) is 0 Å². The Morgan fingerprint density at radius 2 is 2.00 bits per heavy atom. The molecular formula is C18H15BrN2O3. The van der Waals surface area contributed by atoms with Crippen LogP contribution in [0.25, 0.3) is 10.9 Å². The third kappa shape index (κ3) is 2.73. The van der Waals surface area contributed by atoms with Crippen LogP contribution in [-0.4, -0.2) is 29.6 Å². The number of fused-ring (bicyclic) bond motifs is 2. The first-order valence-corrected chi connectivity index (χ1v) is 8.32. The minimum Gasteiger partial charge on any atom is -0.454 e. The number of hydrogen-bond donors (Lipinski definition) is 1. The molecule has 4 rings (SSSR count). The lowest BCUT2D eigenvalue weighted by atomic mass is 10.2. The van der Waals surface area contributed by atoms with Crippen molar-refractivity contribution in [2.24, 2.45) is 0 Å². The molecule has 24 heavy (non-hydrogen) atoms. The fraction of sp³-hybridized carbons (Fsp3) is 0.167. The standard InChI is InChI=1S/C18H15BrN2O3/c1-21(9-11-2-5-16-17(6-11)24-10-23-16)18(22)15-7-12-3-4-13(19)8-14(12)20-15/h2-8,20H,9-10H2,1H3. The van der Waals surface area contributed by atoms with Gasteiger partial charge in [0.25, 0.3) is 5.91 Å². The smallest absolute Gasteiger partial charge is 0.270 e. The molecule has 0 saturated carbocycles. The van der Waals surface area contributed by atoms with Gasteiger partial charge in [-0.3, -0.25) is 4.79 Å². The third-order valence-electron chi connectivity index (χ3n) is 4.02. The fourth-order valence-electron chi connectivity index (χ4n) is 2.81. The Bertz CT molecular complexity index is 935. The van der Waals surface area contributed by atoms with Gasteiger partial charge in [-0.25, -0.2) is 0 Å². The molecule has 0 atom stereocenters. The lowest BCUT2D eigenvalue weighted by Gasteiger charge is -2.16. The molecule has 0 fully saturated rings. The van der Waals surface area contributed by atoms with E-state index in [-0.39, 0.29) is 12.7 Å². The number of ether oxygens (including phenoxy) is 2. The van der Waals surface area contributed by atoms with E-state index < -0.39 is 0 Å². The molecule has 5 nitrogen and oxygen atoms in total. The maximum atomic E-state index is 12.7. The summed E-state index contributed by atoms with van der Waals surface area (Å²) in [4.78, 5) is 17.5. The highest BCUT2D eigenvalue weighted by Gasteiger charge is 2.17. The number of amides is 1. The molecule has 1 aliphatic rings. The molecule has 1 N–H and O–H groups in total. The van der Waals surface area contributed by atoms with E-state index in [1.165, 1.54) is 0 Å². The number of aromatic amines is 1. The molecule has 6 heteroatoms. The largest absolute Gasteiger partial charge is 0.454 e. The van der Waals surface area contributed by atoms with Crippen LogP contribution in [0.3, 0.4) is 0 Å². The summed E-state index contributed by atoms with van der Waals surface area (Å²) in [5.74, 6) is 1.41. The zero-order valence-corrected chi connectivity index (χ0v) is 14.6. The second-order valence-electron chi connectivity index (χ2n) is 5.76. The molecule has 0 bridgehead atoms. The summed E-state index contributed by atoms with van der Waals surface area (Å²) in [7, 11) is 1.79. The van der Waals surface area contributed by atoms with E-state index in [2.05, 4.69) is 20.9 Å². The van der Waals surface area contributed by atoms with Crippen molar-refractivity contribution in [2.45, 2.75) is 6.54 Å². The predicted octanol–water partition coefficient (Wildman–Crippen LogP) is 3.93. The number of carbonyl (C=O) groups excluding carboxylic acids is 1. The minimum absolute atomic E-state index is 0.0556. The average molecular weight is 387 g/mol. The monoisotopic (exact) mass is 386 g/mol. The molecule has 0 spiro atoms. The fourth-order valence-corrected chi connectivity index (χ4v) is 3.17. The molecule has 122 valence electrons. The molecule has 3 aromatic rings. The van der Waals surface area contributed by atoms with Crippen LogP contribution in [0.4, 0.5) is 0 Å². The van der Waals surface area contributed by atoms with E-state index in [1.807, 2.05) is 42.5 Å². The first-order chi connectivity index (χ1) is 11.6. The van der Waals surface area contributed by atoms with Crippen LogP contribution in [-0.2, 0) is 6.54 Å². The minimum atomic E-state index is -0.0556. The Kier molecular flexibility index (Phi) is 3.69. The molecule has 1 amide bonds. The number of nitrogens with one attached hydrogen (secondary N) is 1. The molecule has 0 aliphatic carbocycles. The van der Waals surface area contributed by atoms with Crippen molar-refractivity contribution in [3.05, 3.63) is 58.2 Å². The second kappa shape index (κ2) is 5.87. The summed E-state index contributed by atoms with van der Waals surface area (Å²) in [5, 5.41) is 1.01. The number of rotatable bonds is 3. The number of halogens is 1. The third-order valence-corrected chi connectivity index (χ3v) is 4.51. The molecule has 2 aromatic carbocycles. The normalized spacial score (nSPS) is 12.6. The summed E-state index contributed by atoms with van der Waals surface area (Å²) in [5.41, 5.74) is 2.50. The predicted molar refractivity (Wildman–Crippen MR) is 94.4 cm³/mol. The van der Waals surface area contributed by atoms with E-state index in [0.29, 0.717) is 12.2 Å². The van der Waals surface area contributed by atoms with E-state index >= 15 is 0 Å². The van der Waals surface area contributed by atoms with Crippen molar-refractivity contribution in [2.75, 3.05) is 13.8 Å². The zero-order chi connectivity index (χ0) is 16.7. The lowest BCUT2D eigenvalue weighted by molar-refractivity contribution is 0.0780. The van der Waals surface area contributed by atoms with Crippen molar-refractivity contribution in [1.29, 1.82) is 0 Å². The van der Waals surface area contributed by atoms with Crippen molar-refractivity contribution in [3.8, 4) is 11.5 Å². The number of H-pyrrole nitrogens is 1. The van der Waals surface area contributed by atoms with Crippen molar-refractivity contribution >= 4 is 32.7 Å². The van der Waals surface area contributed by atoms with Crippen LogP contribution in [0, 0.1) is 0 Å². The highest BCUT2D eigenvalue weighted by Crippen LogP contribution is 2.32. The van der Waals surface area contributed by atoms with Gasteiger partial charge in [-0.15, -0.1) is 0 Å². The maximum absolute atomic E-state index is 12.7. The van der Waals surface area contributed by atoms with E-state index in [4.69, 9.17) is 9.47 Å². The van der Waals surface area contributed by atoms with Crippen molar-refractivity contribution < 1.29 is 14.3 Å². The molecule has 1 aromatic heterocycles. The molecule has 0 saturated heterocycles. The summed E-state index contributed by atoms with van der Waals surface area (Å²) < 4.78 is 11.7. The Labute approximate surface area is 147 Å². The Morgan fingerprint density at radius 1 is 1.17 bits per heavy atom. The Hall–Kier alpha value is -2.47. The van der Waals surface area contributed by atoms with Crippen molar-refractivity contribution in [1.82, 2.24) is 9.88 Å². The van der Waals surface area contributed by atoms with Gasteiger partial charge in [0.05, 0.1) is 0 Å². The number of hydrogen-bond acceptors (Lipinski definition) is 3. The van der Waals surface area contributed by atoms with Gasteiger partial charge in [0, 0.05) is 29.0 Å². The molecule has 1 aliphatic heterocycles. The second-order valence-corrected chi connectivity index (χ2v) is 6.68. The summed E-state index contributed by atoms with van der Waals surface area (Å²) in [6.07, 6.45) is 0. The number of aromatic nitrogens is 1. The topological polar surface area (TPSA) is 54.6 Å². The van der Waals surface area contributed by atoms with Gasteiger partial charge in [0.2, 0.25) is 6.79 Å². The summed E-state index contributed by atoms with van der Waals surface area (Å²) >= 11 is 3.44. The molecule has 0 unspecified atom stereocenters. The van der Waals surface area contributed by atoms with Gasteiger partial charge >= 0.3 is 0 Å². The summed E-state index contributed by atoms with van der Waals surface area (Å²) in [6.45, 7) is 0.743. The Balaban J connectivity index is 1.54. The van der Waals surface area contributed by atoms with Gasteiger partial charge < -0.3 is 19.4 Å². The number of benzene rings is 2. The molecule has 0 radical (unpaired) electrons. The van der Waals surface area contributed by atoms with E-state index in [0.717, 1.165) is 32.4 Å². The van der Waals surface area contributed by atoms with E-state index in [9.17, 15) is 4.79 Å². The SMILES string of the molecule is CN(Cc1ccc2c(c1)OCO2)C(=O)c1cc2ccc(Br)cc2[nH]1. The van der Waals surface area contributed by atoms with Crippen LogP contribution in [0.15, 0.2) is 46.9 Å². The number of carbonyl (C=O) groups is 1.